The highest BCUT2D eigenvalue weighted by atomic mass is 32.2. The molecule has 2 aromatic carbocycles. The molecule has 0 unspecified atom stereocenters. The summed E-state index contributed by atoms with van der Waals surface area (Å²) in [7, 11) is -3.63. The fourth-order valence-corrected chi connectivity index (χ4v) is 6.41. The Kier molecular flexibility index (Phi) is 7.17. The van der Waals surface area contributed by atoms with Crippen molar-refractivity contribution in [3.8, 4) is 0 Å². The molecule has 0 radical (unpaired) electrons. The van der Waals surface area contributed by atoms with Crippen LogP contribution in [0.1, 0.15) is 33.6 Å². The Balaban J connectivity index is 1.37. The van der Waals surface area contributed by atoms with E-state index in [1.165, 1.54) is 52.8 Å². The molecular weight excluding hydrogens is 487 g/mol. The molecule has 0 aliphatic carbocycles. The summed E-state index contributed by atoms with van der Waals surface area (Å²) in [5, 5.41) is 10.7. The fraction of sp³-hybridized carbons (Fsp3) is 0.238. The topological polar surface area (TPSA) is 109 Å². The van der Waals surface area contributed by atoms with Gasteiger partial charge in [0.2, 0.25) is 15.2 Å². The van der Waals surface area contributed by atoms with Crippen molar-refractivity contribution in [3.63, 3.8) is 0 Å². The zero-order valence-corrected chi connectivity index (χ0v) is 19.7. The van der Waals surface area contributed by atoms with Crippen molar-refractivity contribution < 1.29 is 22.4 Å². The summed E-state index contributed by atoms with van der Waals surface area (Å²) >= 11 is 2.25. The molecule has 1 aromatic heterocycles. The zero-order valence-electron chi connectivity index (χ0n) is 17.2. The van der Waals surface area contributed by atoms with E-state index in [0.717, 1.165) is 35.9 Å². The van der Waals surface area contributed by atoms with E-state index in [1.807, 2.05) is 0 Å². The van der Waals surface area contributed by atoms with Gasteiger partial charge in [0.1, 0.15) is 5.82 Å². The lowest BCUT2D eigenvalue weighted by molar-refractivity contribution is 0.101. The van der Waals surface area contributed by atoms with Gasteiger partial charge >= 0.3 is 0 Å². The minimum absolute atomic E-state index is 0.0739. The molecule has 0 saturated carbocycles. The van der Waals surface area contributed by atoms with Gasteiger partial charge in [-0.25, -0.2) is 12.8 Å². The predicted octanol–water partition coefficient (Wildman–Crippen LogP) is 3.69. The minimum Gasteiger partial charge on any atom is -0.296 e. The number of thioether (sulfide) groups is 1. The van der Waals surface area contributed by atoms with Gasteiger partial charge in [0.25, 0.3) is 5.91 Å². The Morgan fingerprint density at radius 2 is 1.79 bits per heavy atom. The van der Waals surface area contributed by atoms with Crippen LogP contribution in [-0.2, 0) is 10.0 Å². The first-order chi connectivity index (χ1) is 15.8. The Morgan fingerprint density at radius 3 is 2.52 bits per heavy atom. The average molecular weight is 507 g/mol. The summed E-state index contributed by atoms with van der Waals surface area (Å²) in [6, 6.07) is 11.2. The maximum Gasteiger partial charge on any atom is 0.257 e. The maximum absolute atomic E-state index is 13.0. The number of amides is 1. The zero-order chi connectivity index (χ0) is 23.4. The molecule has 2 heterocycles. The largest absolute Gasteiger partial charge is 0.296 e. The summed E-state index contributed by atoms with van der Waals surface area (Å²) in [5.41, 5.74) is 0.580. The van der Waals surface area contributed by atoms with Crippen molar-refractivity contribution in [3.05, 3.63) is 65.5 Å². The third kappa shape index (κ3) is 5.64. The lowest BCUT2D eigenvalue weighted by Crippen LogP contribution is -2.28. The van der Waals surface area contributed by atoms with Crippen molar-refractivity contribution in [1.82, 2.24) is 14.5 Å². The van der Waals surface area contributed by atoms with Gasteiger partial charge in [-0.3, -0.25) is 14.9 Å². The first-order valence-corrected chi connectivity index (χ1v) is 13.2. The van der Waals surface area contributed by atoms with Gasteiger partial charge in [0, 0.05) is 24.2 Å². The second kappa shape index (κ2) is 10.1. The number of anilines is 1. The number of ketones is 1. The second-order valence-electron chi connectivity index (χ2n) is 7.19. The molecule has 0 atom stereocenters. The number of hydrogen-bond acceptors (Lipinski definition) is 8. The normalized spacial score (nSPS) is 14.3. The molecule has 1 amide bonds. The van der Waals surface area contributed by atoms with Gasteiger partial charge in [-0.2, -0.15) is 4.31 Å². The summed E-state index contributed by atoms with van der Waals surface area (Å²) in [6.07, 6.45) is 1.65. The summed E-state index contributed by atoms with van der Waals surface area (Å²) in [6.45, 7) is 0.960. The second-order valence-corrected chi connectivity index (χ2v) is 11.3. The third-order valence-corrected chi connectivity index (χ3v) is 8.79. The first kappa shape index (κ1) is 23.5. The van der Waals surface area contributed by atoms with Crippen molar-refractivity contribution in [1.29, 1.82) is 0 Å². The SMILES string of the molecule is O=C(CSc1nnc(NC(=O)c2cccc(S(=O)(=O)N3CCCC3)c2)s1)c1ccc(F)cc1. The Morgan fingerprint density at radius 1 is 1.06 bits per heavy atom. The quantitative estimate of drug-likeness (QED) is 0.282. The summed E-state index contributed by atoms with van der Waals surface area (Å²) < 4.78 is 40.4. The summed E-state index contributed by atoms with van der Waals surface area (Å²) in [4.78, 5) is 24.9. The average Bonchev–Trinajstić information content (AvgIpc) is 3.51. The molecule has 3 aromatic rings. The van der Waals surface area contributed by atoms with E-state index in [0.29, 0.717) is 23.0 Å². The molecule has 4 rings (SSSR count). The van der Waals surface area contributed by atoms with Gasteiger partial charge in [-0.05, 0) is 55.3 Å². The van der Waals surface area contributed by atoms with Crippen molar-refractivity contribution in [2.45, 2.75) is 22.1 Å². The fourth-order valence-electron chi connectivity index (χ4n) is 3.21. The van der Waals surface area contributed by atoms with Crippen LogP contribution >= 0.6 is 23.1 Å². The lowest BCUT2D eigenvalue weighted by Gasteiger charge is -2.15. The van der Waals surface area contributed by atoms with Crippen molar-refractivity contribution >= 4 is 49.9 Å². The van der Waals surface area contributed by atoms with E-state index in [-0.39, 0.29) is 27.1 Å². The lowest BCUT2D eigenvalue weighted by atomic mass is 10.1. The number of hydrogen-bond donors (Lipinski definition) is 1. The van der Waals surface area contributed by atoms with E-state index in [1.54, 1.807) is 0 Å². The van der Waals surface area contributed by atoms with E-state index in [9.17, 15) is 22.4 Å². The maximum atomic E-state index is 13.0. The van der Waals surface area contributed by atoms with Gasteiger partial charge < -0.3 is 0 Å². The van der Waals surface area contributed by atoms with Gasteiger partial charge in [0.15, 0.2) is 10.1 Å². The van der Waals surface area contributed by atoms with Crippen LogP contribution in [0.15, 0.2) is 57.8 Å². The number of halogens is 1. The molecule has 1 saturated heterocycles. The number of aromatic nitrogens is 2. The van der Waals surface area contributed by atoms with Crippen LogP contribution in [0.3, 0.4) is 0 Å². The number of carbonyl (C=O) groups excluding carboxylic acids is 2. The van der Waals surface area contributed by atoms with Gasteiger partial charge in [0.05, 0.1) is 10.6 Å². The number of nitrogens with zero attached hydrogens (tertiary/aromatic N) is 3. The molecule has 0 bridgehead atoms. The van der Waals surface area contributed by atoms with Crippen LogP contribution < -0.4 is 5.32 Å². The highest BCUT2D eigenvalue weighted by Gasteiger charge is 2.27. The Hall–Kier alpha value is -2.67. The molecule has 1 fully saturated rings. The molecular formula is C21H19FN4O4S3. The number of sulfonamides is 1. The van der Waals surface area contributed by atoms with Crippen LogP contribution in [0.5, 0.6) is 0 Å². The number of Topliss-reactive ketones (excluding diaryl/α,β-unsaturated/α-hetero) is 1. The number of nitrogens with one attached hydrogen (secondary N) is 1. The standard InChI is InChI=1S/C21H19FN4O4S3/c22-16-8-6-14(7-9-16)18(27)13-31-21-25-24-20(32-21)23-19(28)15-4-3-5-17(12-15)33(29,30)26-10-1-2-11-26/h3-9,12H,1-2,10-11,13H2,(H,23,24,28). The molecule has 0 spiro atoms. The van der Waals surface area contributed by atoms with Gasteiger partial charge in [-0.15, -0.1) is 10.2 Å². The highest BCUT2D eigenvalue weighted by molar-refractivity contribution is 8.01. The Labute approximate surface area is 198 Å². The molecule has 1 N–H and O–H groups in total. The van der Waals surface area contributed by atoms with E-state index < -0.39 is 21.7 Å². The number of benzene rings is 2. The van der Waals surface area contributed by atoms with E-state index in [4.69, 9.17) is 0 Å². The summed E-state index contributed by atoms with van der Waals surface area (Å²) in [5.74, 6) is -1.02. The third-order valence-electron chi connectivity index (χ3n) is 4.92. The predicted molar refractivity (Wildman–Crippen MR) is 124 cm³/mol. The van der Waals surface area contributed by atoms with Crippen LogP contribution in [0.25, 0.3) is 0 Å². The van der Waals surface area contributed by atoms with Crippen LogP contribution in [0.2, 0.25) is 0 Å². The molecule has 8 nitrogen and oxygen atoms in total. The number of carbonyl (C=O) groups is 2. The van der Waals surface area contributed by atoms with Crippen molar-refractivity contribution in [2.75, 3.05) is 24.2 Å². The highest BCUT2D eigenvalue weighted by Crippen LogP contribution is 2.27. The minimum atomic E-state index is -3.63. The van der Waals surface area contributed by atoms with Crippen LogP contribution in [0.4, 0.5) is 9.52 Å². The van der Waals surface area contributed by atoms with Crippen LogP contribution in [0, 0.1) is 5.82 Å². The van der Waals surface area contributed by atoms with Gasteiger partial charge in [-0.1, -0.05) is 29.2 Å². The van der Waals surface area contributed by atoms with Crippen molar-refractivity contribution in [2.24, 2.45) is 0 Å². The van der Waals surface area contributed by atoms with Crippen LogP contribution in [-0.4, -0.2) is 53.5 Å². The first-order valence-electron chi connectivity index (χ1n) is 9.99. The van der Waals surface area contributed by atoms with E-state index in [2.05, 4.69) is 15.5 Å². The number of rotatable bonds is 8. The molecule has 1 aliphatic rings. The molecule has 12 heteroatoms. The molecule has 1 aliphatic heterocycles. The Bertz CT molecular complexity index is 1270. The molecule has 33 heavy (non-hydrogen) atoms. The molecule has 172 valence electrons. The smallest absolute Gasteiger partial charge is 0.257 e. The monoisotopic (exact) mass is 506 g/mol. The van der Waals surface area contributed by atoms with E-state index >= 15 is 0 Å².